The predicted octanol–water partition coefficient (Wildman–Crippen LogP) is 1.87. The van der Waals surface area contributed by atoms with E-state index in [4.69, 9.17) is 0 Å². The van der Waals surface area contributed by atoms with Crippen LogP contribution >= 0.6 is 11.3 Å². The van der Waals surface area contributed by atoms with Crippen molar-refractivity contribution < 1.29 is 0 Å². The van der Waals surface area contributed by atoms with E-state index in [0.29, 0.717) is 0 Å². The van der Waals surface area contributed by atoms with Gasteiger partial charge in [0.15, 0.2) is 0 Å². The molecule has 0 spiro atoms. The van der Waals surface area contributed by atoms with Crippen LogP contribution < -0.4 is 5.32 Å². The van der Waals surface area contributed by atoms with Crippen LogP contribution in [0.1, 0.15) is 11.8 Å². The molecule has 0 atom stereocenters. The van der Waals surface area contributed by atoms with Gasteiger partial charge in [-0.05, 0) is 11.4 Å². The van der Waals surface area contributed by atoms with Crippen LogP contribution in [0.4, 0.5) is 0 Å². The summed E-state index contributed by atoms with van der Waals surface area (Å²) in [6, 6.07) is 4.18. The molecule has 2 heteroatoms. The van der Waals surface area contributed by atoms with Crippen LogP contribution in [0.3, 0.4) is 0 Å². The highest BCUT2D eigenvalue weighted by Gasteiger charge is 1.89. The zero-order valence-electron chi connectivity index (χ0n) is 5.50. The highest BCUT2D eigenvalue weighted by Crippen LogP contribution is 2.07. The Hall–Kier alpha value is -0.340. The lowest BCUT2D eigenvalue weighted by atomic mass is 10.4. The second-order valence-corrected chi connectivity index (χ2v) is 2.81. The highest BCUT2D eigenvalue weighted by molar-refractivity contribution is 7.09. The van der Waals surface area contributed by atoms with Crippen molar-refractivity contribution in [2.45, 2.75) is 13.5 Å². The predicted molar refractivity (Wildman–Crippen MR) is 40.7 cm³/mol. The van der Waals surface area contributed by atoms with E-state index in [-0.39, 0.29) is 0 Å². The van der Waals surface area contributed by atoms with Gasteiger partial charge in [0.2, 0.25) is 0 Å². The molecule has 1 rings (SSSR count). The molecule has 1 heterocycles. The Kier molecular flexibility index (Phi) is 2.74. The summed E-state index contributed by atoms with van der Waals surface area (Å²) < 4.78 is 0. The van der Waals surface area contributed by atoms with Gasteiger partial charge < -0.3 is 0 Å². The molecule has 0 aliphatic carbocycles. The molecule has 0 saturated carbocycles. The van der Waals surface area contributed by atoms with E-state index in [0.717, 1.165) is 13.1 Å². The van der Waals surface area contributed by atoms with E-state index in [1.54, 1.807) is 11.3 Å². The second-order valence-electron chi connectivity index (χ2n) is 1.78. The summed E-state index contributed by atoms with van der Waals surface area (Å²) in [5.41, 5.74) is 0. The zero-order chi connectivity index (χ0) is 6.53. The van der Waals surface area contributed by atoms with Crippen LogP contribution in [0.2, 0.25) is 0 Å². The van der Waals surface area contributed by atoms with Gasteiger partial charge in [0.1, 0.15) is 0 Å². The molecule has 0 bridgehead atoms. The average molecular weight is 140 g/mol. The van der Waals surface area contributed by atoms with Gasteiger partial charge in [-0.1, -0.05) is 13.0 Å². The van der Waals surface area contributed by atoms with Crippen LogP contribution in [0.15, 0.2) is 17.5 Å². The minimum atomic E-state index is 0.897. The summed E-state index contributed by atoms with van der Waals surface area (Å²) in [6.45, 7) is 3.89. The number of hydrogen-bond donors (Lipinski definition) is 0. The Morgan fingerprint density at radius 2 is 2.56 bits per heavy atom. The quantitative estimate of drug-likeness (QED) is 0.608. The Morgan fingerprint density at radius 1 is 1.67 bits per heavy atom. The van der Waals surface area contributed by atoms with E-state index in [2.05, 4.69) is 29.8 Å². The maximum absolute atomic E-state index is 4.22. The molecular weight excluding hydrogens is 130 g/mol. The van der Waals surface area contributed by atoms with Crippen molar-refractivity contribution in [2.24, 2.45) is 0 Å². The first-order valence-electron chi connectivity index (χ1n) is 3.09. The van der Waals surface area contributed by atoms with Crippen LogP contribution in [-0.4, -0.2) is 6.54 Å². The maximum atomic E-state index is 4.22. The highest BCUT2D eigenvalue weighted by atomic mass is 32.1. The van der Waals surface area contributed by atoms with Crippen LogP contribution in [-0.2, 0) is 6.54 Å². The summed E-state index contributed by atoms with van der Waals surface area (Å²) in [7, 11) is 0. The molecule has 0 amide bonds. The van der Waals surface area contributed by atoms with Gasteiger partial charge in [0.05, 0.1) is 0 Å². The van der Waals surface area contributed by atoms with Gasteiger partial charge in [0.25, 0.3) is 0 Å². The summed E-state index contributed by atoms with van der Waals surface area (Å²) in [4.78, 5) is 1.36. The molecule has 1 nitrogen and oxygen atoms in total. The number of thiophene rings is 1. The topological polar surface area (TPSA) is 14.1 Å². The third kappa shape index (κ3) is 2.16. The van der Waals surface area contributed by atoms with Crippen molar-refractivity contribution in [1.29, 1.82) is 0 Å². The van der Waals surface area contributed by atoms with E-state index in [1.807, 2.05) is 0 Å². The lowest BCUT2D eigenvalue weighted by molar-refractivity contribution is 0.718. The minimum Gasteiger partial charge on any atom is -0.237 e. The fourth-order valence-corrected chi connectivity index (χ4v) is 1.28. The number of rotatable bonds is 3. The van der Waals surface area contributed by atoms with Crippen LogP contribution in [0.5, 0.6) is 0 Å². The van der Waals surface area contributed by atoms with Crippen molar-refractivity contribution in [1.82, 2.24) is 5.32 Å². The third-order valence-corrected chi connectivity index (χ3v) is 1.93. The molecule has 1 aromatic rings. The van der Waals surface area contributed by atoms with Gasteiger partial charge in [-0.25, -0.2) is 5.32 Å². The lowest BCUT2D eigenvalue weighted by Gasteiger charge is -1.91. The normalized spacial score (nSPS) is 9.89. The molecule has 0 aliphatic heterocycles. The summed E-state index contributed by atoms with van der Waals surface area (Å²) in [6.07, 6.45) is 0. The smallest absolute Gasteiger partial charge is 0.0478 e. The summed E-state index contributed by atoms with van der Waals surface area (Å²) in [5.74, 6) is 0. The van der Waals surface area contributed by atoms with Gasteiger partial charge in [-0.15, -0.1) is 11.3 Å². The fourth-order valence-electron chi connectivity index (χ4n) is 0.625. The molecule has 9 heavy (non-hydrogen) atoms. The van der Waals surface area contributed by atoms with Crippen molar-refractivity contribution in [3.05, 3.63) is 22.4 Å². The average Bonchev–Trinajstić information content (AvgIpc) is 2.34. The molecule has 1 aromatic heterocycles. The summed E-state index contributed by atoms with van der Waals surface area (Å²) in [5, 5.41) is 6.31. The molecule has 0 N–H and O–H groups in total. The van der Waals surface area contributed by atoms with E-state index >= 15 is 0 Å². The standard InChI is InChI=1S/C7H10NS/c1-2-8-6-7-4-3-5-9-7/h3-5H,2,6H2,1H3. The lowest BCUT2D eigenvalue weighted by Crippen LogP contribution is -2.00. The molecule has 0 saturated heterocycles. The zero-order valence-corrected chi connectivity index (χ0v) is 6.32. The van der Waals surface area contributed by atoms with E-state index in [9.17, 15) is 0 Å². The minimum absolute atomic E-state index is 0.897. The van der Waals surface area contributed by atoms with Gasteiger partial charge in [0, 0.05) is 18.0 Å². The van der Waals surface area contributed by atoms with Crippen LogP contribution in [0, 0.1) is 0 Å². The number of nitrogens with zero attached hydrogens (tertiary/aromatic N) is 1. The molecule has 0 fully saturated rings. The molecule has 1 radical (unpaired) electrons. The Bertz CT molecular complexity index is 146. The molecule has 0 aliphatic rings. The second kappa shape index (κ2) is 3.64. The largest absolute Gasteiger partial charge is 0.237 e. The molecule has 0 unspecified atom stereocenters. The first-order valence-corrected chi connectivity index (χ1v) is 3.97. The van der Waals surface area contributed by atoms with Crippen LogP contribution in [0.25, 0.3) is 0 Å². The number of hydrogen-bond acceptors (Lipinski definition) is 1. The van der Waals surface area contributed by atoms with Crippen molar-refractivity contribution in [3.63, 3.8) is 0 Å². The molecular formula is C7H10NS. The first-order chi connectivity index (χ1) is 4.43. The fraction of sp³-hybridized carbons (Fsp3) is 0.429. The Balaban J connectivity index is 2.30. The first kappa shape index (κ1) is 6.78. The van der Waals surface area contributed by atoms with Gasteiger partial charge in [-0.2, -0.15) is 0 Å². The van der Waals surface area contributed by atoms with Gasteiger partial charge in [-0.3, -0.25) is 0 Å². The maximum Gasteiger partial charge on any atom is 0.0478 e. The van der Waals surface area contributed by atoms with Crippen molar-refractivity contribution in [3.8, 4) is 0 Å². The van der Waals surface area contributed by atoms with Crippen molar-refractivity contribution in [2.75, 3.05) is 6.54 Å². The van der Waals surface area contributed by atoms with E-state index < -0.39 is 0 Å². The third-order valence-electron chi connectivity index (χ3n) is 1.07. The van der Waals surface area contributed by atoms with Gasteiger partial charge >= 0.3 is 0 Å². The van der Waals surface area contributed by atoms with Crippen molar-refractivity contribution >= 4 is 11.3 Å². The van der Waals surface area contributed by atoms with E-state index in [1.165, 1.54) is 4.88 Å². The monoisotopic (exact) mass is 140 g/mol. The Labute approximate surface area is 59.7 Å². The Morgan fingerprint density at radius 3 is 3.11 bits per heavy atom. The SMILES string of the molecule is CC[N]Cc1cccs1. The molecule has 0 aromatic carbocycles. The molecule has 49 valence electrons. The summed E-state index contributed by atoms with van der Waals surface area (Å²) >= 11 is 1.77.